The van der Waals surface area contributed by atoms with Crippen molar-refractivity contribution in [2.45, 2.75) is 13.1 Å². The van der Waals surface area contributed by atoms with Gasteiger partial charge < -0.3 is 21.5 Å². The number of nitrogens with two attached hydrogens (primary N) is 1. The first-order valence-corrected chi connectivity index (χ1v) is 5.64. The van der Waals surface area contributed by atoms with Crippen LogP contribution in [0.3, 0.4) is 0 Å². The number of nitrogens with zero attached hydrogens (tertiary/aromatic N) is 2. The van der Waals surface area contributed by atoms with Gasteiger partial charge in [-0.2, -0.15) is 4.98 Å². The molecule has 0 atom stereocenters. The number of rotatable bonds is 2. The van der Waals surface area contributed by atoms with Crippen molar-refractivity contribution < 1.29 is 5.11 Å². The van der Waals surface area contributed by atoms with Gasteiger partial charge in [-0.1, -0.05) is 0 Å². The maximum absolute atomic E-state index is 9.21. The molecule has 0 radical (unpaired) electrons. The lowest BCUT2D eigenvalue weighted by atomic mass is 10.2. The second-order valence-corrected chi connectivity index (χ2v) is 4.13. The SMILES string of the molecule is Nc1nc(Nc2ccc(O)cc2)nc2c1CNC2. The number of hydrogen-bond donors (Lipinski definition) is 4. The van der Waals surface area contributed by atoms with Crippen molar-refractivity contribution in [1.82, 2.24) is 15.3 Å². The van der Waals surface area contributed by atoms with Crippen molar-refractivity contribution in [2.24, 2.45) is 0 Å². The van der Waals surface area contributed by atoms with Gasteiger partial charge >= 0.3 is 0 Å². The number of fused-ring (bicyclic) bond motifs is 1. The smallest absolute Gasteiger partial charge is 0.229 e. The number of anilines is 3. The number of aromatic nitrogens is 2. The van der Waals surface area contributed by atoms with E-state index in [0.717, 1.165) is 23.5 Å². The molecule has 1 aliphatic rings. The van der Waals surface area contributed by atoms with E-state index in [1.54, 1.807) is 24.3 Å². The van der Waals surface area contributed by atoms with Crippen molar-refractivity contribution in [2.75, 3.05) is 11.1 Å². The van der Waals surface area contributed by atoms with Crippen molar-refractivity contribution >= 4 is 17.5 Å². The number of benzene rings is 1. The molecule has 2 aromatic rings. The molecule has 6 nitrogen and oxygen atoms in total. The average Bonchev–Trinajstić information content (AvgIpc) is 2.81. The maximum Gasteiger partial charge on any atom is 0.229 e. The first-order chi connectivity index (χ1) is 8.72. The van der Waals surface area contributed by atoms with E-state index in [0.29, 0.717) is 18.3 Å². The maximum atomic E-state index is 9.21. The lowest BCUT2D eigenvalue weighted by Crippen LogP contribution is -2.05. The Hall–Kier alpha value is -2.34. The Morgan fingerprint density at radius 1 is 1.17 bits per heavy atom. The van der Waals surface area contributed by atoms with Crippen LogP contribution in [0.2, 0.25) is 0 Å². The molecule has 6 heteroatoms. The molecule has 1 aromatic carbocycles. The Labute approximate surface area is 104 Å². The number of phenolic OH excluding ortho intramolecular Hbond substituents is 1. The van der Waals surface area contributed by atoms with Crippen LogP contribution >= 0.6 is 0 Å². The molecular weight excluding hydrogens is 230 g/mol. The van der Waals surface area contributed by atoms with Gasteiger partial charge in [0.15, 0.2) is 0 Å². The third kappa shape index (κ3) is 1.93. The van der Waals surface area contributed by atoms with Crippen LogP contribution in [0.4, 0.5) is 17.5 Å². The van der Waals surface area contributed by atoms with E-state index in [1.807, 2.05) is 0 Å². The molecular formula is C12H13N5O. The second-order valence-electron chi connectivity index (χ2n) is 4.13. The summed E-state index contributed by atoms with van der Waals surface area (Å²) < 4.78 is 0. The summed E-state index contributed by atoms with van der Waals surface area (Å²) in [5.41, 5.74) is 8.60. The van der Waals surface area contributed by atoms with Crippen LogP contribution in [-0.2, 0) is 13.1 Å². The van der Waals surface area contributed by atoms with Gasteiger partial charge in [0.2, 0.25) is 5.95 Å². The van der Waals surface area contributed by atoms with Crippen LogP contribution in [-0.4, -0.2) is 15.1 Å². The number of phenols is 1. The highest BCUT2D eigenvalue weighted by molar-refractivity contribution is 5.57. The predicted molar refractivity (Wildman–Crippen MR) is 68.4 cm³/mol. The molecule has 0 spiro atoms. The lowest BCUT2D eigenvalue weighted by molar-refractivity contribution is 0.475. The van der Waals surface area contributed by atoms with Crippen molar-refractivity contribution in [3.63, 3.8) is 0 Å². The summed E-state index contributed by atoms with van der Waals surface area (Å²) in [6.45, 7) is 1.44. The van der Waals surface area contributed by atoms with Gasteiger partial charge in [-0.25, -0.2) is 4.98 Å². The molecule has 0 amide bonds. The molecule has 0 aliphatic carbocycles. The number of hydrogen-bond acceptors (Lipinski definition) is 6. The van der Waals surface area contributed by atoms with E-state index < -0.39 is 0 Å². The van der Waals surface area contributed by atoms with Crippen LogP contribution in [0, 0.1) is 0 Å². The van der Waals surface area contributed by atoms with Crippen LogP contribution in [0.1, 0.15) is 11.3 Å². The zero-order valence-electron chi connectivity index (χ0n) is 9.64. The highest BCUT2D eigenvalue weighted by atomic mass is 16.3. The summed E-state index contributed by atoms with van der Waals surface area (Å²) in [4.78, 5) is 8.62. The van der Waals surface area contributed by atoms with Gasteiger partial charge in [0, 0.05) is 24.3 Å². The molecule has 92 valence electrons. The van der Waals surface area contributed by atoms with Crippen LogP contribution in [0.25, 0.3) is 0 Å². The molecule has 0 saturated carbocycles. The lowest BCUT2D eigenvalue weighted by Gasteiger charge is -2.08. The van der Waals surface area contributed by atoms with Crippen molar-refractivity contribution in [3.8, 4) is 5.75 Å². The Balaban J connectivity index is 1.89. The quantitative estimate of drug-likeness (QED) is 0.590. The van der Waals surface area contributed by atoms with Gasteiger partial charge in [-0.05, 0) is 24.3 Å². The molecule has 1 aromatic heterocycles. The molecule has 0 bridgehead atoms. The minimum atomic E-state index is 0.221. The zero-order chi connectivity index (χ0) is 12.5. The summed E-state index contributed by atoms with van der Waals surface area (Å²) in [6, 6.07) is 6.70. The first kappa shape index (κ1) is 10.8. The molecule has 0 fully saturated rings. The van der Waals surface area contributed by atoms with E-state index >= 15 is 0 Å². The third-order valence-corrected chi connectivity index (χ3v) is 2.84. The topological polar surface area (TPSA) is 96.1 Å². The van der Waals surface area contributed by atoms with E-state index in [2.05, 4.69) is 20.6 Å². The van der Waals surface area contributed by atoms with Crippen LogP contribution in [0.5, 0.6) is 5.75 Å². The molecule has 2 heterocycles. The first-order valence-electron chi connectivity index (χ1n) is 5.64. The molecule has 1 aliphatic heterocycles. The predicted octanol–water partition coefficient (Wildman–Crippen LogP) is 1.11. The fourth-order valence-corrected chi connectivity index (χ4v) is 1.92. The standard InChI is InChI=1S/C12H13N5O/c13-11-9-5-14-6-10(9)16-12(17-11)15-7-1-3-8(18)4-2-7/h1-4,14,18H,5-6H2,(H3,13,15,16,17). The van der Waals surface area contributed by atoms with Gasteiger partial charge in [0.1, 0.15) is 11.6 Å². The van der Waals surface area contributed by atoms with Gasteiger partial charge in [-0.3, -0.25) is 0 Å². The van der Waals surface area contributed by atoms with Crippen LogP contribution < -0.4 is 16.4 Å². The highest BCUT2D eigenvalue weighted by Crippen LogP contribution is 2.22. The van der Waals surface area contributed by atoms with E-state index in [4.69, 9.17) is 5.73 Å². The number of nitrogens with one attached hydrogen (secondary N) is 2. The fourth-order valence-electron chi connectivity index (χ4n) is 1.92. The second kappa shape index (κ2) is 4.15. The van der Waals surface area contributed by atoms with Gasteiger partial charge in [0.25, 0.3) is 0 Å². The summed E-state index contributed by atoms with van der Waals surface area (Å²) in [6.07, 6.45) is 0. The minimum Gasteiger partial charge on any atom is -0.508 e. The molecule has 0 saturated heterocycles. The fraction of sp³-hybridized carbons (Fsp3) is 0.167. The summed E-state index contributed by atoms with van der Waals surface area (Å²) in [5, 5.41) is 15.5. The monoisotopic (exact) mass is 243 g/mol. The van der Waals surface area contributed by atoms with E-state index in [9.17, 15) is 5.11 Å². The zero-order valence-corrected chi connectivity index (χ0v) is 9.64. The van der Waals surface area contributed by atoms with Gasteiger partial charge in [0.05, 0.1) is 5.69 Å². The van der Waals surface area contributed by atoms with Crippen molar-refractivity contribution in [1.29, 1.82) is 0 Å². The summed E-state index contributed by atoms with van der Waals surface area (Å²) >= 11 is 0. The van der Waals surface area contributed by atoms with E-state index in [1.165, 1.54) is 0 Å². The third-order valence-electron chi connectivity index (χ3n) is 2.84. The van der Waals surface area contributed by atoms with Crippen molar-refractivity contribution in [3.05, 3.63) is 35.5 Å². The molecule has 5 N–H and O–H groups in total. The Bertz CT molecular complexity index is 582. The Kier molecular flexibility index (Phi) is 2.49. The Morgan fingerprint density at radius 3 is 2.72 bits per heavy atom. The largest absolute Gasteiger partial charge is 0.508 e. The molecule has 3 rings (SSSR count). The highest BCUT2D eigenvalue weighted by Gasteiger charge is 2.17. The molecule has 0 unspecified atom stereocenters. The number of aromatic hydroxyl groups is 1. The average molecular weight is 243 g/mol. The Morgan fingerprint density at radius 2 is 1.94 bits per heavy atom. The van der Waals surface area contributed by atoms with Crippen LogP contribution in [0.15, 0.2) is 24.3 Å². The normalized spacial score (nSPS) is 13.3. The number of nitrogen functional groups attached to an aromatic ring is 1. The van der Waals surface area contributed by atoms with E-state index in [-0.39, 0.29) is 5.75 Å². The molecule has 18 heavy (non-hydrogen) atoms. The minimum absolute atomic E-state index is 0.221. The summed E-state index contributed by atoms with van der Waals surface area (Å²) in [5.74, 6) is 1.20. The summed E-state index contributed by atoms with van der Waals surface area (Å²) in [7, 11) is 0. The van der Waals surface area contributed by atoms with Gasteiger partial charge in [-0.15, -0.1) is 0 Å².